The molecule has 0 bridgehead atoms. The molecule has 0 aliphatic carbocycles. The van der Waals surface area contributed by atoms with Gasteiger partial charge in [0.1, 0.15) is 5.76 Å². The van der Waals surface area contributed by atoms with Gasteiger partial charge in [0, 0.05) is 12.0 Å². The number of rotatable bonds is 1. The Morgan fingerprint density at radius 2 is 2.15 bits per heavy atom. The first kappa shape index (κ1) is 8.32. The van der Waals surface area contributed by atoms with Crippen molar-refractivity contribution in [3.63, 3.8) is 0 Å². The Hall–Kier alpha value is -1.28. The van der Waals surface area contributed by atoms with Gasteiger partial charge in [-0.15, -0.1) is 0 Å². The summed E-state index contributed by atoms with van der Waals surface area (Å²) in [6.45, 7) is 3.71. The van der Waals surface area contributed by atoms with Crippen LogP contribution in [0.4, 0.5) is 0 Å². The highest BCUT2D eigenvalue weighted by Crippen LogP contribution is 2.29. The topological polar surface area (TPSA) is 29.5 Å². The molecule has 1 heterocycles. The van der Waals surface area contributed by atoms with Gasteiger partial charge in [-0.25, -0.2) is 0 Å². The van der Waals surface area contributed by atoms with Gasteiger partial charge in [0.15, 0.2) is 0 Å². The summed E-state index contributed by atoms with van der Waals surface area (Å²) in [5.74, 6) is 0.728. The standard InChI is InChI=1S/C11H11O2/c1-2-9-7-8-5-3-4-6-10(8)11(12)13-9/h3-7,11-12H,1-2H2. The quantitative estimate of drug-likeness (QED) is 0.709. The molecule has 1 aromatic carbocycles. The maximum absolute atomic E-state index is 9.57. The van der Waals surface area contributed by atoms with Crippen molar-refractivity contribution in [1.82, 2.24) is 0 Å². The monoisotopic (exact) mass is 175 g/mol. The highest BCUT2D eigenvalue weighted by Gasteiger charge is 2.17. The van der Waals surface area contributed by atoms with Gasteiger partial charge in [-0.3, -0.25) is 0 Å². The van der Waals surface area contributed by atoms with E-state index in [4.69, 9.17) is 4.74 Å². The Balaban J connectivity index is 2.46. The second-order valence-corrected chi connectivity index (χ2v) is 2.96. The third-order valence-electron chi connectivity index (χ3n) is 2.09. The lowest BCUT2D eigenvalue weighted by molar-refractivity contribution is -0.0709. The van der Waals surface area contributed by atoms with Crippen molar-refractivity contribution in [1.29, 1.82) is 0 Å². The molecule has 0 saturated heterocycles. The van der Waals surface area contributed by atoms with Gasteiger partial charge in [0.2, 0.25) is 6.29 Å². The van der Waals surface area contributed by atoms with E-state index in [2.05, 4.69) is 6.92 Å². The fourth-order valence-corrected chi connectivity index (χ4v) is 1.41. The SMILES string of the molecule is [CH2]CC1=Cc2ccccc2C(O)O1. The second kappa shape index (κ2) is 3.23. The number of ether oxygens (including phenoxy) is 1. The molecule has 1 unspecified atom stereocenters. The Labute approximate surface area is 77.5 Å². The minimum atomic E-state index is -0.835. The number of allylic oxidation sites excluding steroid dienone is 1. The predicted molar refractivity (Wildman–Crippen MR) is 50.4 cm³/mol. The van der Waals surface area contributed by atoms with Crippen LogP contribution >= 0.6 is 0 Å². The first-order valence-electron chi connectivity index (χ1n) is 4.24. The van der Waals surface area contributed by atoms with Crippen molar-refractivity contribution in [3.05, 3.63) is 48.1 Å². The van der Waals surface area contributed by atoms with Crippen molar-refractivity contribution in [2.24, 2.45) is 0 Å². The number of fused-ring (bicyclic) bond motifs is 1. The molecule has 1 aliphatic heterocycles. The summed E-state index contributed by atoms with van der Waals surface area (Å²) in [5.41, 5.74) is 1.83. The Kier molecular flexibility index (Phi) is 2.07. The minimum absolute atomic E-state index is 0.561. The molecule has 0 aromatic heterocycles. The van der Waals surface area contributed by atoms with Gasteiger partial charge in [0.05, 0.1) is 0 Å². The molecule has 1 atom stereocenters. The first-order chi connectivity index (χ1) is 6.31. The second-order valence-electron chi connectivity index (χ2n) is 2.96. The Bertz CT molecular complexity index is 342. The number of hydrogen-bond donors (Lipinski definition) is 1. The molecule has 67 valence electrons. The number of benzene rings is 1. The van der Waals surface area contributed by atoms with Crippen LogP contribution in [0.15, 0.2) is 30.0 Å². The molecule has 1 N–H and O–H groups in total. The highest BCUT2D eigenvalue weighted by atomic mass is 16.6. The number of hydrogen-bond acceptors (Lipinski definition) is 2. The van der Waals surface area contributed by atoms with Crippen LogP contribution in [-0.4, -0.2) is 5.11 Å². The Morgan fingerprint density at radius 3 is 2.92 bits per heavy atom. The van der Waals surface area contributed by atoms with Gasteiger partial charge in [-0.05, 0) is 18.6 Å². The maximum atomic E-state index is 9.57. The zero-order valence-electron chi connectivity index (χ0n) is 7.23. The van der Waals surface area contributed by atoms with Crippen LogP contribution in [0.3, 0.4) is 0 Å². The summed E-state index contributed by atoms with van der Waals surface area (Å²) in [6, 6.07) is 7.63. The molecule has 1 aromatic rings. The lowest BCUT2D eigenvalue weighted by atomic mass is 10.0. The van der Waals surface area contributed by atoms with E-state index in [1.54, 1.807) is 0 Å². The molecule has 1 aliphatic rings. The summed E-state index contributed by atoms with van der Waals surface area (Å²) < 4.78 is 5.22. The smallest absolute Gasteiger partial charge is 0.224 e. The average molecular weight is 175 g/mol. The van der Waals surface area contributed by atoms with Crippen molar-refractivity contribution in [3.8, 4) is 0 Å². The van der Waals surface area contributed by atoms with E-state index in [0.717, 1.165) is 16.9 Å². The molecular formula is C11H11O2. The summed E-state index contributed by atoms with van der Waals surface area (Å²) in [6.07, 6.45) is 1.64. The van der Waals surface area contributed by atoms with Crippen molar-refractivity contribution in [2.75, 3.05) is 0 Å². The molecular weight excluding hydrogens is 164 g/mol. The molecule has 0 amide bonds. The third-order valence-corrected chi connectivity index (χ3v) is 2.09. The maximum Gasteiger partial charge on any atom is 0.224 e. The molecule has 0 spiro atoms. The molecule has 0 fully saturated rings. The van der Waals surface area contributed by atoms with Gasteiger partial charge < -0.3 is 9.84 Å². The van der Waals surface area contributed by atoms with E-state index in [1.807, 2.05) is 30.3 Å². The Morgan fingerprint density at radius 1 is 1.38 bits per heavy atom. The van der Waals surface area contributed by atoms with Gasteiger partial charge >= 0.3 is 0 Å². The van der Waals surface area contributed by atoms with Gasteiger partial charge in [0.25, 0.3) is 0 Å². The van der Waals surface area contributed by atoms with Crippen LogP contribution in [0.2, 0.25) is 0 Å². The van der Waals surface area contributed by atoms with Crippen LogP contribution in [0.5, 0.6) is 0 Å². The van der Waals surface area contributed by atoms with Crippen LogP contribution < -0.4 is 0 Å². The minimum Gasteiger partial charge on any atom is -0.465 e. The third kappa shape index (κ3) is 1.45. The summed E-state index contributed by atoms with van der Waals surface area (Å²) in [4.78, 5) is 0. The van der Waals surface area contributed by atoms with E-state index >= 15 is 0 Å². The molecule has 1 radical (unpaired) electrons. The molecule has 0 saturated carbocycles. The normalized spacial score (nSPS) is 20.2. The predicted octanol–water partition coefficient (Wildman–Crippen LogP) is 2.27. The van der Waals surface area contributed by atoms with Crippen LogP contribution in [-0.2, 0) is 4.74 Å². The van der Waals surface area contributed by atoms with Crippen LogP contribution in [0.25, 0.3) is 6.08 Å². The largest absolute Gasteiger partial charge is 0.465 e. The summed E-state index contributed by atoms with van der Waals surface area (Å²) in [5, 5.41) is 9.57. The van der Waals surface area contributed by atoms with E-state index in [9.17, 15) is 5.11 Å². The average Bonchev–Trinajstić information content (AvgIpc) is 2.18. The summed E-state index contributed by atoms with van der Waals surface area (Å²) >= 11 is 0. The van der Waals surface area contributed by atoms with Crippen LogP contribution in [0.1, 0.15) is 23.8 Å². The van der Waals surface area contributed by atoms with E-state index in [-0.39, 0.29) is 0 Å². The molecule has 2 rings (SSSR count). The number of aliphatic hydroxyl groups excluding tert-OH is 1. The summed E-state index contributed by atoms with van der Waals surface area (Å²) in [7, 11) is 0. The molecule has 2 nitrogen and oxygen atoms in total. The number of aliphatic hydroxyl groups is 1. The van der Waals surface area contributed by atoms with Crippen molar-refractivity contribution < 1.29 is 9.84 Å². The zero-order chi connectivity index (χ0) is 9.26. The zero-order valence-corrected chi connectivity index (χ0v) is 7.23. The fraction of sp³-hybridized carbons (Fsp3) is 0.182. The fourth-order valence-electron chi connectivity index (χ4n) is 1.41. The highest BCUT2D eigenvalue weighted by molar-refractivity contribution is 5.57. The first-order valence-corrected chi connectivity index (χ1v) is 4.24. The van der Waals surface area contributed by atoms with Gasteiger partial charge in [-0.2, -0.15) is 0 Å². The molecule has 2 heteroatoms. The van der Waals surface area contributed by atoms with Crippen molar-refractivity contribution >= 4 is 6.08 Å². The van der Waals surface area contributed by atoms with Crippen LogP contribution in [0, 0.1) is 6.92 Å². The molecule has 13 heavy (non-hydrogen) atoms. The lowest BCUT2D eigenvalue weighted by Gasteiger charge is -2.22. The lowest BCUT2D eigenvalue weighted by Crippen LogP contribution is -2.09. The van der Waals surface area contributed by atoms with E-state index < -0.39 is 6.29 Å². The van der Waals surface area contributed by atoms with Crippen molar-refractivity contribution in [2.45, 2.75) is 12.7 Å². The van der Waals surface area contributed by atoms with Gasteiger partial charge in [-0.1, -0.05) is 24.3 Å². The van der Waals surface area contributed by atoms with E-state index in [1.165, 1.54) is 0 Å². The van der Waals surface area contributed by atoms with E-state index in [0.29, 0.717) is 6.42 Å².